The van der Waals surface area contributed by atoms with Gasteiger partial charge >= 0.3 is 5.97 Å². The van der Waals surface area contributed by atoms with Crippen LogP contribution in [-0.2, 0) is 4.74 Å². The van der Waals surface area contributed by atoms with E-state index in [1.807, 2.05) is 45.9 Å². The van der Waals surface area contributed by atoms with Gasteiger partial charge in [-0.2, -0.15) is 0 Å². The lowest BCUT2D eigenvalue weighted by Gasteiger charge is -2.19. The largest absolute Gasteiger partial charge is 0.455 e. The molecule has 1 aromatic heterocycles. The Labute approximate surface area is 112 Å². The highest BCUT2D eigenvalue weighted by Gasteiger charge is 2.21. The molecule has 0 fully saturated rings. The number of aryl methyl sites for hydroxylation is 2. The highest BCUT2D eigenvalue weighted by Crippen LogP contribution is 2.20. The molecular weight excluding hydrogens is 240 g/mol. The Kier molecular flexibility index (Phi) is 3.27. The SMILES string of the molecule is Cc1ccc2nc(C)nc(C(=O)OC(C)(C)C)c2c1. The maximum absolute atomic E-state index is 12.2. The standard InChI is InChI=1S/C15H18N2O2/c1-9-6-7-12-11(8-9)13(17-10(2)16-12)14(18)19-15(3,4)5/h6-8H,1-5H3. The highest BCUT2D eigenvalue weighted by atomic mass is 16.6. The molecule has 0 aliphatic heterocycles. The molecule has 0 amide bonds. The molecule has 4 heteroatoms. The number of carbonyl (C=O) groups excluding carboxylic acids is 1. The van der Waals surface area contributed by atoms with Crippen molar-refractivity contribution in [2.75, 3.05) is 0 Å². The van der Waals surface area contributed by atoms with E-state index in [4.69, 9.17) is 4.74 Å². The van der Waals surface area contributed by atoms with Crippen molar-refractivity contribution >= 4 is 16.9 Å². The van der Waals surface area contributed by atoms with E-state index in [0.29, 0.717) is 11.5 Å². The van der Waals surface area contributed by atoms with Crippen molar-refractivity contribution in [1.29, 1.82) is 0 Å². The number of benzene rings is 1. The van der Waals surface area contributed by atoms with Crippen molar-refractivity contribution in [3.05, 3.63) is 35.3 Å². The maximum atomic E-state index is 12.2. The van der Waals surface area contributed by atoms with E-state index in [1.165, 1.54) is 0 Å². The molecule has 0 N–H and O–H groups in total. The number of hydrogen-bond donors (Lipinski definition) is 0. The lowest BCUT2D eigenvalue weighted by molar-refractivity contribution is 0.00650. The number of carbonyl (C=O) groups is 1. The van der Waals surface area contributed by atoms with Gasteiger partial charge in [0.2, 0.25) is 0 Å². The number of hydrogen-bond acceptors (Lipinski definition) is 4. The molecule has 0 saturated heterocycles. The topological polar surface area (TPSA) is 52.1 Å². The zero-order valence-corrected chi connectivity index (χ0v) is 11.9. The monoisotopic (exact) mass is 258 g/mol. The van der Waals surface area contributed by atoms with Crippen LogP contribution in [0.25, 0.3) is 10.9 Å². The minimum absolute atomic E-state index is 0.334. The number of nitrogens with zero attached hydrogens (tertiary/aromatic N) is 2. The number of esters is 1. The predicted molar refractivity (Wildman–Crippen MR) is 74.2 cm³/mol. The second-order valence-corrected chi connectivity index (χ2v) is 5.64. The Morgan fingerprint density at radius 2 is 1.84 bits per heavy atom. The third kappa shape index (κ3) is 3.08. The van der Waals surface area contributed by atoms with E-state index in [0.717, 1.165) is 16.5 Å². The Hall–Kier alpha value is -1.97. The van der Waals surface area contributed by atoms with Crippen LogP contribution in [0.5, 0.6) is 0 Å². The number of fused-ring (bicyclic) bond motifs is 1. The summed E-state index contributed by atoms with van der Waals surface area (Å²) in [7, 11) is 0. The van der Waals surface area contributed by atoms with Gasteiger partial charge in [0.1, 0.15) is 11.4 Å². The number of ether oxygens (including phenoxy) is 1. The Bertz CT molecular complexity index is 642. The van der Waals surface area contributed by atoms with Crippen molar-refractivity contribution in [3.63, 3.8) is 0 Å². The molecule has 0 atom stereocenters. The van der Waals surface area contributed by atoms with Crippen LogP contribution in [0.15, 0.2) is 18.2 Å². The van der Waals surface area contributed by atoms with E-state index < -0.39 is 11.6 Å². The minimum atomic E-state index is -0.536. The molecule has 100 valence electrons. The second kappa shape index (κ2) is 4.61. The summed E-state index contributed by atoms with van der Waals surface area (Å²) in [5.74, 6) is 0.158. The summed E-state index contributed by atoms with van der Waals surface area (Å²) in [5.41, 5.74) is 1.62. The lowest BCUT2D eigenvalue weighted by Crippen LogP contribution is -2.25. The fourth-order valence-electron chi connectivity index (χ4n) is 1.84. The van der Waals surface area contributed by atoms with E-state index in [1.54, 1.807) is 6.92 Å². The minimum Gasteiger partial charge on any atom is -0.455 e. The Morgan fingerprint density at radius 1 is 1.16 bits per heavy atom. The molecular formula is C15H18N2O2. The van der Waals surface area contributed by atoms with Crippen LogP contribution in [0.2, 0.25) is 0 Å². The molecule has 2 rings (SSSR count). The van der Waals surface area contributed by atoms with Crippen molar-refractivity contribution in [1.82, 2.24) is 9.97 Å². The first kappa shape index (κ1) is 13.5. The Balaban J connectivity index is 2.58. The summed E-state index contributed by atoms with van der Waals surface area (Å²) < 4.78 is 5.40. The highest BCUT2D eigenvalue weighted by molar-refractivity contribution is 6.01. The molecule has 1 heterocycles. The molecule has 1 aromatic carbocycles. The average molecular weight is 258 g/mol. The van der Waals surface area contributed by atoms with Crippen LogP contribution in [0, 0.1) is 13.8 Å². The van der Waals surface area contributed by atoms with Crippen LogP contribution in [-0.4, -0.2) is 21.5 Å². The molecule has 0 aliphatic carbocycles. The zero-order chi connectivity index (χ0) is 14.2. The van der Waals surface area contributed by atoms with Gasteiger partial charge in [0.25, 0.3) is 0 Å². The molecule has 0 unspecified atom stereocenters. The molecule has 0 aliphatic rings. The number of rotatable bonds is 1. The summed E-state index contributed by atoms with van der Waals surface area (Å²) in [4.78, 5) is 20.8. The van der Waals surface area contributed by atoms with Crippen LogP contribution in [0.3, 0.4) is 0 Å². The first-order valence-corrected chi connectivity index (χ1v) is 6.24. The van der Waals surface area contributed by atoms with E-state index >= 15 is 0 Å². The molecule has 2 aromatic rings. The third-order valence-corrected chi connectivity index (χ3v) is 2.56. The molecule has 0 spiro atoms. The third-order valence-electron chi connectivity index (χ3n) is 2.56. The predicted octanol–water partition coefficient (Wildman–Crippen LogP) is 3.20. The Morgan fingerprint density at radius 3 is 2.47 bits per heavy atom. The van der Waals surface area contributed by atoms with Gasteiger partial charge in [0.05, 0.1) is 5.52 Å². The van der Waals surface area contributed by atoms with Gasteiger partial charge in [-0.3, -0.25) is 0 Å². The molecule has 0 bridgehead atoms. The van der Waals surface area contributed by atoms with Crippen molar-refractivity contribution in [2.45, 2.75) is 40.2 Å². The van der Waals surface area contributed by atoms with E-state index in [9.17, 15) is 4.79 Å². The van der Waals surface area contributed by atoms with Gasteiger partial charge < -0.3 is 4.74 Å². The average Bonchev–Trinajstić information content (AvgIpc) is 2.26. The lowest BCUT2D eigenvalue weighted by atomic mass is 10.1. The van der Waals surface area contributed by atoms with Gasteiger partial charge in [-0.05, 0) is 46.8 Å². The second-order valence-electron chi connectivity index (χ2n) is 5.64. The number of aromatic nitrogens is 2. The first-order chi connectivity index (χ1) is 8.76. The van der Waals surface area contributed by atoms with E-state index in [2.05, 4.69) is 9.97 Å². The molecule has 0 radical (unpaired) electrons. The van der Waals surface area contributed by atoms with Gasteiger partial charge in [-0.15, -0.1) is 0 Å². The van der Waals surface area contributed by atoms with Crippen LogP contribution >= 0.6 is 0 Å². The summed E-state index contributed by atoms with van der Waals surface area (Å²) in [6.45, 7) is 9.26. The normalized spacial score (nSPS) is 11.6. The fourth-order valence-corrected chi connectivity index (χ4v) is 1.84. The van der Waals surface area contributed by atoms with Crippen LogP contribution < -0.4 is 0 Å². The summed E-state index contributed by atoms with van der Waals surface area (Å²) in [6.07, 6.45) is 0. The van der Waals surface area contributed by atoms with Gasteiger partial charge in [0, 0.05) is 5.39 Å². The van der Waals surface area contributed by atoms with Crippen molar-refractivity contribution in [3.8, 4) is 0 Å². The smallest absolute Gasteiger partial charge is 0.358 e. The van der Waals surface area contributed by atoms with Gasteiger partial charge in [-0.1, -0.05) is 11.6 Å². The molecule has 4 nitrogen and oxygen atoms in total. The summed E-state index contributed by atoms with van der Waals surface area (Å²) in [6, 6.07) is 5.77. The van der Waals surface area contributed by atoms with Gasteiger partial charge in [0.15, 0.2) is 5.69 Å². The maximum Gasteiger partial charge on any atom is 0.358 e. The van der Waals surface area contributed by atoms with Crippen molar-refractivity contribution < 1.29 is 9.53 Å². The summed E-state index contributed by atoms with van der Waals surface area (Å²) in [5, 5.41) is 0.736. The van der Waals surface area contributed by atoms with Gasteiger partial charge in [-0.25, -0.2) is 14.8 Å². The van der Waals surface area contributed by atoms with Crippen LogP contribution in [0.1, 0.15) is 42.6 Å². The first-order valence-electron chi connectivity index (χ1n) is 6.24. The summed E-state index contributed by atoms with van der Waals surface area (Å²) >= 11 is 0. The van der Waals surface area contributed by atoms with Crippen molar-refractivity contribution in [2.24, 2.45) is 0 Å². The van der Waals surface area contributed by atoms with E-state index in [-0.39, 0.29) is 0 Å². The fraction of sp³-hybridized carbons (Fsp3) is 0.400. The quantitative estimate of drug-likeness (QED) is 0.737. The zero-order valence-electron chi connectivity index (χ0n) is 11.9. The van der Waals surface area contributed by atoms with Crippen LogP contribution in [0.4, 0.5) is 0 Å². The molecule has 19 heavy (non-hydrogen) atoms. The molecule has 0 saturated carbocycles.